The minimum Gasteiger partial charge on any atom is -0.383 e. The normalized spacial score (nSPS) is 15.7. The van der Waals surface area contributed by atoms with Crippen LogP contribution in [0.15, 0.2) is 4.99 Å². The van der Waals surface area contributed by atoms with Crippen molar-refractivity contribution in [1.82, 2.24) is 10.7 Å². The third-order valence-corrected chi connectivity index (χ3v) is 2.26. The molecule has 0 heterocycles. The van der Waals surface area contributed by atoms with Gasteiger partial charge in [0.05, 0.1) is 12.6 Å². The molecule has 0 aromatic rings. The van der Waals surface area contributed by atoms with E-state index in [9.17, 15) is 0 Å². The average molecular weight is 230 g/mol. The van der Waals surface area contributed by atoms with Crippen molar-refractivity contribution < 1.29 is 4.74 Å². The van der Waals surface area contributed by atoms with Gasteiger partial charge in [-0.15, -0.1) is 0 Å². The predicted molar refractivity (Wildman–Crippen MR) is 68.2 cm³/mol. The molecule has 4 N–H and O–H groups in total. The lowest BCUT2D eigenvalue weighted by atomic mass is 10.1. The summed E-state index contributed by atoms with van der Waals surface area (Å²) in [6.45, 7) is 6.92. The lowest BCUT2D eigenvalue weighted by Crippen LogP contribution is -2.47. The van der Waals surface area contributed by atoms with Gasteiger partial charge < -0.3 is 10.1 Å². The van der Waals surface area contributed by atoms with Crippen LogP contribution in [0.4, 0.5) is 0 Å². The van der Waals surface area contributed by atoms with Gasteiger partial charge in [-0.05, 0) is 20.3 Å². The number of nitrogens with one attached hydrogen (secondary N) is 2. The van der Waals surface area contributed by atoms with Gasteiger partial charge in [0.2, 0.25) is 5.96 Å². The second-order valence-corrected chi connectivity index (χ2v) is 4.11. The summed E-state index contributed by atoms with van der Waals surface area (Å²) < 4.78 is 5.03. The Morgan fingerprint density at radius 1 is 1.44 bits per heavy atom. The van der Waals surface area contributed by atoms with Crippen LogP contribution in [0.5, 0.6) is 0 Å². The number of hydrogen-bond donors (Lipinski definition) is 3. The molecule has 0 aliphatic heterocycles. The van der Waals surface area contributed by atoms with Gasteiger partial charge in [-0.1, -0.05) is 19.8 Å². The van der Waals surface area contributed by atoms with Crippen molar-refractivity contribution in [3.63, 3.8) is 0 Å². The number of ether oxygens (including phenoxy) is 1. The van der Waals surface area contributed by atoms with Gasteiger partial charge in [0.25, 0.3) is 0 Å². The van der Waals surface area contributed by atoms with E-state index < -0.39 is 0 Å². The van der Waals surface area contributed by atoms with Crippen LogP contribution >= 0.6 is 0 Å². The van der Waals surface area contributed by atoms with Crippen LogP contribution in [0.1, 0.15) is 40.0 Å². The number of rotatable bonds is 7. The van der Waals surface area contributed by atoms with Crippen molar-refractivity contribution >= 4 is 5.96 Å². The molecule has 5 heteroatoms. The van der Waals surface area contributed by atoms with Gasteiger partial charge in [-0.3, -0.25) is 5.43 Å². The Hall–Kier alpha value is -0.810. The van der Waals surface area contributed by atoms with Gasteiger partial charge in [0.1, 0.15) is 0 Å². The first-order valence-electron chi connectivity index (χ1n) is 5.93. The van der Waals surface area contributed by atoms with E-state index in [-0.39, 0.29) is 12.1 Å². The number of aliphatic imine (C=N–C) groups is 1. The summed E-state index contributed by atoms with van der Waals surface area (Å²) >= 11 is 0. The van der Waals surface area contributed by atoms with Crippen molar-refractivity contribution in [2.75, 3.05) is 13.7 Å². The molecule has 0 aliphatic carbocycles. The van der Waals surface area contributed by atoms with E-state index in [1.54, 1.807) is 7.11 Å². The second kappa shape index (κ2) is 9.42. The van der Waals surface area contributed by atoms with Crippen LogP contribution in [0.2, 0.25) is 0 Å². The predicted octanol–water partition coefficient (Wildman–Crippen LogP) is 1.01. The second-order valence-electron chi connectivity index (χ2n) is 4.11. The number of nitrogens with two attached hydrogens (primary N) is 1. The summed E-state index contributed by atoms with van der Waals surface area (Å²) in [4.78, 5) is 4.47. The number of guanidine groups is 1. The summed E-state index contributed by atoms with van der Waals surface area (Å²) in [5.74, 6) is 6.04. The van der Waals surface area contributed by atoms with Gasteiger partial charge in [0.15, 0.2) is 0 Å². The molecular weight excluding hydrogens is 204 g/mol. The Bertz CT molecular complexity index is 196. The van der Waals surface area contributed by atoms with E-state index >= 15 is 0 Å². The molecule has 5 nitrogen and oxygen atoms in total. The lowest BCUT2D eigenvalue weighted by Gasteiger charge is -2.17. The summed E-state index contributed by atoms with van der Waals surface area (Å²) in [5, 5.41) is 3.16. The lowest BCUT2D eigenvalue weighted by molar-refractivity contribution is 0.179. The van der Waals surface area contributed by atoms with Crippen molar-refractivity contribution in [2.24, 2.45) is 10.8 Å². The zero-order valence-electron chi connectivity index (χ0n) is 10.9. The maximum Gasteiger partial charge on any atom is 0.206 e. The molecule has 96 valence electrons. The quantitative estimate of drug-likeness (QED) is 0.264. The molecule has 0 saturated heterocycles. The zero-order chi connectivity index (χ0) is 12.4. The minimum atomic E-state index is 0.193. The molecule has 0 saturated carbocycles. The summed E-state index contributed by atoms with van der Waals surface area (Å²) in [7, 11) is 1.68. The van der Waals surface area contributed by atoms with Crippen LogP contribution < -0.4 is 16.6 Å². The Kier molecular flexibility index (Phi) is 8.94. The van der Waals surface area contributed by atoms with Gasteiger partial charge in [-0.25, -0.2) is 10.8 Å². The number of unbranched alkanes of at least 4 members (excludes halogenated alkanes) is 1. The molecule has 0 aromatic carbocycles. The maximum absolute atomic E-state index is 5.41. The molecule has 16 heavy (non-hydrogen) atoms. The van der Waals surface area contributed by atoms with Crippen LogP contribution in [0, 0.1) is 0 Å². The number of hydrogen-bond acceptors (Lipinski definition) is 3. The van der Waals surface area contributed by atoms with Crippen molar-refractivity contribution in [2.45, 2.75) is 52.1 Å². The first kappa shape index (κ1) is 15.2. The fraction of sp³-hybridized carbons (Fsp3) is 0.909. The highest BCUT2D eigenvalue weighted by Gasteiger charge is 2.05. The molecule has 0 spiro atoms. The highest BCUT2D eigenvalue weighted by molar-refractivity contribution is 5.79. The Morgan fingerprint density at radius 3 is 2.62 bits per heavy atom. The summed E-state index contributed by atoms with van der Waals surface area (Å²) in [6, 6.07) is 0.478. The molecular formula is C11H26N4O. The molecule has 0 rings (SSSR count). The van der Waals surface area contributed by atoms with E-state index in [4.69, 9.17) is 10.6 Å². The minimum absolute atomic E-state index is 0.193. The van der Waals surface area contributed by atoms with E-state index in [2.05, 4.69) is 29.6 Å². The monoisotopic (exact) mass is 230 g/mol. The first-order chi connectivity index (χ1) is 7.63. The van der Waals surface area contributed by atoms with Crippen LogP contribution in [-0.2, 0) is 4.74 Å². The largest absolute Gasteiger partial charge is 0.383 e. The van der Waals surface area contributed by atoms with Gasteiger partial charge in [-0.2, -0.15) is 0 Å². The molecule has 0 fully saturated rings. The van der Waals surface area contributed by atoms with Crippen LogP contribution in [0.3, 0.4) is 0 Å². The molecule has 0 radical (unpaired) electrons. The molecule has 0 aliphatic rings. The zero-order valence-corrected chi connectivity index (χ0v) is 10.9. The standard InChI is InChI=1S/C11H26N4O/c1-5-6-7-9(2)13-11(15-12)14-10(3)8-16-4/h9-10H,5-8,12H2,1-4H3,(H2,13,14,15). The molecule has 0 aromatic heterocycles. The van der Waals surface area contributed by atoms with E-state index in [0.29, 0.717) is 12.6 Å². The van der Waals surface area contributed by atoms with E-state index in [0.717, 1.165) is 6.42 Å². The summed E-state index contributed by atoms with van der Waals surface area (Å²) in [6.07, 6.45) is 3.47. The van der Waals surface area contributed by atoms with Gasteiger partial charge >= 0.3 is 0 Å². The molecule has 0 amide bonds. The molecule has 0 bridgehead atoms. The Morgan fingerprint density at radius 2 is 2.12 bits per heavy atom. The number of methoxy groups -OCH3 is 1. The van der Waals surface area contributed by atoms with E-state index in [1.807, 2.05) is 6.92 Å². The topological polar surface area (TPSA) is 71.7 Å². The molecule has 2 atom stereocenters. The molecule has 2 unspecified atom stereocenters. The smallest absolute Gasteiger partial charge is 0.206 e. The fourth-order valence-electron chi connectivity index (χ4n) is 1.43. The third-order valence-electron chi connectivity index (χ3n) is 2.26. The highest BCUT2D eigenvalue weighted by atomic mass is 16.5. The van der Waals surface area contributed by atoms with E-state index in [1.165, 1.54) is 12.8 Å². The van der Waals surface area contributed by atoms with Crippen LogP contribution in [-0.4, -0.2) is 31.8 Å². The third kappa shape index (κ3) is 7.48. The number of hydrazine groups is 1. The average Bonchev–Trinajstić information content (AvgIpc) is 2.25. The van der Waals surface area contributed by atoms with Crippen molar-refractivity contribution in [3.05, 3.63) is 0 Å². The Balaban J connectivity index is 4.08. The Labute approximate surface area is 98.8 Å². The first-order valence-corrected chi connectivity index (χ1v) is 5.93. The fourth-order valence-corrected chi connectivity index (χ4v) is 1.43. The van der Waals surface area contributed by atoms with Crippen molar-refractivity contribution in [1.29, 1.82) is 0 Å². The van der Waals surface area contributed by atoms with Crippen molar-refractivity contribution in [3.8, 4) is 0 Å². The number of nitrogens with zero attached hydrogens (tertiary/aromatic N) is 1. The highest BCUT2D eigenvalue weighted by Crippen LogP contribution is 2.03. The van der Waals surface area contributed by atoms with Gasteiger partial charge in [0, 0.05) is 13.2 Å². The maximum atomic E-state index is 5.41. The summed E-state index contributed by atoms with van der Waals surface area (Å²) in [5.41, 5.74) is 2.58. The van der Waals surface area contributed by atoms with Crippen LogP contribution in [0.25, 0.3) is 0 Å². The SMILES string of the molecule is CCCCC(C)N=C(NN)NC(C)COC.